The number of fused-ring (bicyclic) bond motifs is 6. The Morgan fingerprint density at radius 2 is 1.78 bits per heavy atom. The van der Waals surface area contributed by atoms with Crippen LogP contribution in [0.15, 0.2) is 46.2 Å². The zero-order valence-electron chi connectivity index (χ0n) is 14.7. The molecule has 140 valence electrons. The van der Waals surface area contributed by atoms with Crippen molar-refractivity contribution in [2.45, 2.75) is 41.1 Å². The predicted molar refractivity (Wildman–Crippen MR) is 97.3 cm³/mol. The molecule has 1 fully saturated rings. The molecule has 2 aliphatic rings. The Morgan fingerprint density at radius 3 is 2.52 bits per heavy atom. The number of hydrogen-bond acceptors (Lipinski definition) is 3. The molecule has 2 aromatic carbocycles. The summed E-state index contributed by atoms with van der Waals surface area (Å²) in [6.07, 6.45) is 3.07. The molecule has 27 heavy (non-hydrogen) atoms. The molecule has 4 nitrogen and oxygen atoms in total. The minimum atomic E-state index is -4.02. The first-order valence-corrected chi connectivity index (χ1v) is 10.4. The van der Waals surface area contributed by atoms with E-state index in [0.29, 0.717) is 12.1 Å². The number of nitrogens with zero attached hydrogens (tertiary/aromatic N) is 1. The summed E-state index contributed by atoms with van der Waals surface area (Å²) < 4.78 is 55.1. The first-order valence-electron chi connectivity index (χ1n) is 8.93. The maximum absolute atomic E-state index is 13.5. The van der Waals surface area contributed by atoms with Gasteiger partial charge in [-0.15, -0.1) is 0 Å². The van der Waals surface area contributed by atoms with E-state index >= 15 is 0 Å². The smallest absolute Gasteiger partial charge is 0.206 e. The van der Waals surface area contributed by atoms with Crippen molar-refractivity contribution in [2.75, 3.05) is 0 Å². The fraction of sp³-hybridized carbons (Fsp3) is 0.300. The Labute approximate surface area is 155 Å². The molecule has 2 bridgehead atoms. The number of hydrogen-bond donors (Lipinski definition) is 1. The van der Waals surface area contributed by atoms with Crippen molar-refractivity contribution in [3.8, 4) is 0 Å². The topological polar surface area (TPSA) is 51.1 Å². The zero-order chi connectivity index (χ0) is 18.9. The van der Waals surface area contributed by atoms with Gasteiger partial charge in [-0.2, -0.15) is 0 Å². The van der Waals surface area contributed by atoms with Gasteiger partial charge in [0.25, 0.3) is 0 Å². The molecule has 2 unspecified atom stereocenters. The molecule has 3 aromatic rings. The van der Waals surface area contributed by atoms with Gasteiger partial charge in [0.15, 0.2) is 0 Å². The highest BCUT2D eigenvalue weighted by molar-refractivity contribution is 7.91. The lowest BCUT2D eigenvalue weighted by Crippen LogP contribution is -2.32. The maximum atomic E-state index is 13.5. The third kappa shape index (κ3) is 2.45. The Kier molecular flexibility index (Phi) is 3.52. The van der Waals surface area contributed by atoms with Gasteiger partial charge in [-0.25, -0.2) is 17.2 Å². The highest BCUT2D eigenvalue weighted by Gasteiger charge is 2.36. The molecule has 1 N–H and O–H groups in total. The van der Waals surface area contributed by atoms with Crippen molar-refractivity contribution in [1.29, 1.82) is 0 Å². The van der Waals surface area contributed by atoms with Gasteiger partial charge < -0.3 is 9.88 Å². The van der Waals surface area contributed by atoms with Crippen LogP contribution in [0.25, 0.3) is 10.9 Å². The molecule has 0 amide bonds. The molecule has 0 aliphatic carbocycles. The molecule has 0 saturated carbocycles. The van der Waals surface area contributed by atoms with E-state index in [1.54, 1.807) is 12.1 Å². The molecule has 3 heterocycles. The molecule has 0 radical (unpaired) electrons. The van der Waals surface area contributed by atoms with Crippen molar-refractivity contribution in [3.63, 3.8) is 0 Å². The third-order valence-corrected chi connectivity index (χ3v) is 7.55. The summed E-state index contributed by atoms with van der Waals surface area (Å²) in [5.41, 5.74) is 3.37. The van der Waals surface area contributed by atoms with Crippen molar-refractivity contribution in [2.24, 2.45) is 7.05 Å². The Hall–Kier alpha value is -2.25. The quantitative estimate of drug-likeness (QED) is 0.729. The molecule has 1 saturated heterocycles. The van der Waals surface area contributed by atoms with Crippen LogP contribution in [0.1, 0.15) is 30.1 Å². The van der Waals surface area contributed by atoms with Gasteiger partial charge in [-0.1, -0.05) is 0 Å². The number of halogens is 2. The van der Waals surface area contributed by atoms with Gasteiger partial charge in [0, 0.05) is 48.2 Å². The monoisotopic (exact) mass is 388 g/mol. The van der Waals surface area contributed by atoms with Crippen LogP contribution >= 0.6 is 0 Å². The van der Waals surface area contributed by atoms with E-state index in [4.69, 9.17) is 0 Å². The van der Waals surface area contributed by atoms with Gasteiger partial charge in [0.2, 0.25) is 9.84 Å². The summed E-state index contributed by atoms with van der Waals surface area (Å²) >= 11 is 0. The standard InChI is InChI=1S/C20H18F2N2O2S/c1-24-18-5-3-14(27(25,26)15-7-11(21)6-12(22)8-15)10-16(18)20-17-4-2-13(23-17)9-19(20)24/h3,5-8,10,13,17,23H,2,4,9H2,1H3. The zero-order valence-corrected chi connectivity index (χ0v) is 15.5. The normalized spacial score (nSPS) is 21.6. The summed E-state index contributed by atoms with van der Waals surface area (Å²) in [6, 6.07) is 8.01. The molecule has 5 rings (SSSR count). The Morgan fingerprint density at radius 1 is 1.04 bits per heavy atom. The van der Waals surface area contributed by atoms with E-state index in [-0.39, 0.29) is 15.8 Å². The van der Waals surface area contributed by atoms with Crippen LogP contribution < -0.4 is 5.32 Å². The van der Waals surface area contributed by atoms with E-state index in [2.05, 4.69) is 9.88 Å². The molecule has 0 spiro atoms. The number of aromatic nitrogens is 1. The molecule has 7 heteroatoms. The van der Waals surface area contributed by atoms with Crippen molar-refractivity contribution in [3.05, 3.63) is 59.3 Å². The minimum Gasteiger partial charge on any atom is -0.347 e. The molecule has 2 aliphatic heterocycles. The lowest BCUT2D eigenvalue weighted by Gasteiger charge is -2.23. The summed E-state index contributed by atoms with van der Waals surface area (Å²) in [6.45, 7) is 0. The van der Waals surface area contributed by atoms with E-state index < -0.39 is 21.5 Å². The summed E-state index contributed by atoms with van der Waals surface area (Å²) in [5.74, 6) is -1.82. The first kappa shape index (κ1) is 16.9. The van der Waals surface area contributed by atoms with Crippen molar-refractivity contribution in [1.82, 2.24) is 9.88 Å². The van der Waals surface area contributed by atoms with Gasteiger partial charge in [-0.05, 0) is 48.7 Å². The highest BCUT2D eigenvalue weighted by atomic mass is 32.2. The summed E-state index contributed by atoms with van der Waals surface area (Å²) in [7, 11) is -2.01. The molecule has 2 atom stereocenters. The summed E-state index contributed by atoms with van der Waals surface area (Å²) in [5, 5.41) is 4.49. The van der Waals surface area contributed by atoms with Crippen LogP contribution in [0.4, 0.5) is 8.78 Å². The van der Waals surface area contributed by atoms with Gasteiger partial charge in [0.05, 0.1) is 9.79 Å². The van der Waals surface area contributed by atoms with Crippen LogP contribution in [-0.4, -0.2) is 19.0 Å². The number of benzene rings is 2. The van der Waals surface area contributed by atoms with Crippen LogP contribution in [0.2, 0.25) is 0 Å². The number of sulfone groups is 1. The average molecular weight is 388 g/mol. The molecular formula is C20H18F2N2O2S. The highest BCUT2D eigenvalue weighted by Crippen LogP contribution is 2.42. The van der Waals surface area contributed by atoms with Crippen LogP contribution in [0.5, 0.6) is 0 Å². The second-order valence-electron chi connectivity index (χ2n) is 7.40. The van der Waals surface area contributed by atoms with E-state index in [9.17, 15) is 17.2 Å². The number of rotatable bonds is 2. The third-order valence-electron chi connectivity index (χ3n) is 5.82. The van der Waals surface area contributed by atoms with Crippen molar-refractivity contribution >= 4 is 20.7 Å². The Bertz CT molecular complexity index is 1180. The molecular weight excluding hydrogens is 370 g/mol. The maximum Gasteiger partial charge on any atom is 0.206 e. The molecule has 1 aromatic heterocycles. The van der Waals surface area contributed by atoms with Gasteiger partial charge in [0.1, 0.15) is 11.6 Å². The Balaban J connectivity index is 1.71. The van der Waals surface area contributed by atoms with E-state index in [1.807, 2.05) is 7.05 Å². The van der Waals surface area contributed by atoms with Crippen LogP contribution in [-0.2, 0) is 23.3 Å². The number of nitrogens with one attached hydrogen (secondary N) is 1. The lowest BCUT2D eigenvalue weighted by atomic mass is 9.99. The van der Waals surface area contributed by atoms with Crippen LogP contribution in [0.3, 0.4) is 0 Å². The minimum absolute atomic E-state index is 0.0496. The lowest BCUT2D eigenvalue weighted by molar-refractivity contribution is 0.503. The summed E-state index contributed by atoms with van der Waals surface area (Å²) in [4.78, 5) is -0.322. The number of aryl methyl sites for hydroxylation is 1. The van der Waals surface area contributed by atoms with Crippen molar-refractivity contribution < 1.29 is 17.2 Å². The first-order chi connectivity index (χ1) is 12.8. The van der Waals surface area contributed by atoms with E-state index in [1.165, 1.54) is 11.8 Å². The second-order valence-corrected chi connectivity index (χ2v) is 9.35. The SMILES string of the molecule is Cn1c2c(c3cc(S(=O)(=O)c4cc(F)cc(F)c4)ccc31)C1CCC(C2)N1. The largest absolute Gasteiger partial charge is 0.347 e. The van der Waals surface area contributed by atoms with Gasteiger partial charge in [-0.3, -0.25) is 0 Å². The average Bonchev–Trinajstić information content (AvgIpc) is 3.13. The predicted octanol–water partition coefficient (Wildman–Crippen LogP) is 3.64. The van der Waals surface area contributed by atoms with E-state index in [0.717, 1.165) is 47.9 Å². The van der Waals surface area contributed by atoms with Crippen LogP contribution in [0, 0.1) is 11.6 Å². The second kappa shape index (κ2) is 5.62. The van der Waals surface area contributed by atoms with Gasteiger partial charge >= 0.3 is 0 Å². The fourth-order valence-corrected chi connectivity index (χ4v) is 5.90. The fourth-order valence-electron chi connectivity index (χ4n) is 4.57.